The number of rotatable bonds is 3. The van der Waals surface area contributed by atoms with Gasteiger partial charge in [0.05, 0.1) is 6.54 Å². The first-order valence-electron chi connectivity index (χ1n) is 8.66. The molecule has 7 heteroatoms. The number of aromatic nitrogens is 1. The summed E-state index contributed by atoms with van der Waals surface area (Å²) in [7, 11) is 1.77. The van der Waals surface area contributed by atoms with Gasteiger partial charge >= 0.3 is 0 Å². The Morgan fingerprint density at radius 2 is 1.77 bits per heavy atom. The Bertz CT molecular complexity index is 851. The van der Waals surface area contributed by atoms with E-state index in [0.29, 0.717) is 18.1 Å². The summed E-state index contributed by atoms with van der Waals surface area (Å²) in [6.45, 7) is 5.53. The highest BCUT2D eigenvalue weighted by atomic mass is 35.5. The highest BCUT2D eigenvalue weighted by Gasteiger charge is 2.18. The fraction of sp³-hybridized carbons (Fsp3) is 0.368. The predicted octanol–water partition coefficient (Wildman–Crippen LogP) is 1.98. The lowest BCUT2D eigenvalue weighted by Crippen LogP contribution is -2.51. The van der Waals surface area contributed by atoms with E-state index in [1.54, 1.807) is 11.6 Å². The molecule has 1 aliphatic rings. The van der Waals surface area contributed by atoms with Gasteiger partial charge in [-0.2, -0.15) is 0 Å². The van der Waals surface area contributed by atoms with Crippen LogP contribution in [-0.4, -0.2) is 41.6 Å². The fourth-order valence-corrected chi connectivity index (χ4v) is 3.14. The van der Waals surface area contributed by atoms with Crippen LogP contribution in [0.3, 0.4) is 0 Å². The van der Waals surface area contributed by atoms with Gasteiger partial charge in [0.1, 0.15) is 0 Å². The summed E-state index contributed by atoms with van der Waals surface area (Å²) in [5, 5.41) is 0.742. The van der Waals surface area contributed by atoms with Gasteiger partial charge in [-0.3, -0.25) is 4.79 Å². The van der Waals surface area contributed by atoms with Crippen LogP contribution in [0, 0.1) is 6.92 Å². The standard InChI is InChI=1S/C19H24ClN5O/c1-14-3-4-15(18(26)23(14)2)13-22-19(21)25-11-9-24(10-12-25)17-7-5-16(20)6-8-17/h3-8H,9-13H2,1-2H3,(H2,21,22). The van der Waals surface area contributed by atoms with Gasteiger partial charge in [-0.1, -0.05) is 11.6 Å². The maximum Gasteiger partial charge on any atom is 0.255 e. The van der Waals surface area contributed by atoms with Crippen molar-refractivity contribution in [1.82, 2.24) is 9.47 Å². The summed E-state index contributed by atoms with van der Waals surface area (Å²) in [5.41, 5.74) is 8.87. The van der Waals surface area contributed by atoms with Gasteiger partial charge in [0.2, 0.25) is 0 Å². The minimum Gasteiger partial charge on any atom is -0.370 e. The Hall–Kier alpha value is -2.47. The van der Waals surface area contributed by atoms with Crippen molar-refractivity contribution in [2.75, 3.05) is 31.1 Å². The molecule has 0 amide bonds. The lowest BCUT2D eigenvalue weighted by atomic mass is 10.2. The van der Waals surface area contributed by atoms with E-state index in [4.69, 9.17) is 17.3 Å². The van der Waals surface area contributed by atoms with Crippen molar-refractivity contribution in [3.05, 3.63) is 63.0 Å². The molecule has 1 aromatic heterocycles. The zero-order chi connectivity index (χ0) is 18.7. The van der Waals surface area contributed by atoms with Gasteiger partial charge < -0.3 is 20.1 Å². The van der Waals surface area contributed by atoms with Gasteiger partial charge in [-0.05, 0) is 43.3 Å². The normalized spacial score (nSPS) is 15.4. The number of benzene rings is 1. The van der Waals surface area contributed by atoms with E-state index in [2.05, 4.69) is 14.8 Å². The number of hydrogen-bond donors (Lipinski definition) is 1. The molecule has 1 fully saturated rings. The van der Waals surface area contributed by atoms with E-state index in [0.717, 1.165) is 42.6 Å². The Balaban J connectivity index is 1.60. The molecule has 0 bridgehead atoms. The first-order chi connectivity index (χ1) is 12.5. The SMILES string of the molecule is Cc1ccc(CN=C(N)N2CCN(c3ccc(Cl)cc3)CC2)c(=O)n1C. The van der Waals surface area contributed by atoms with Gasteiger partial charge in [0.15, 0.2) is 5.96 Å². The van der Waals surface area contributed by atoms with Crippen LogP contribution >= 0.6 is 11.6 Å². The number of aryl methyl sites for hydroxylation is 1. The van der Waals surface area contributed by atoms with Crippen LogP contribution in [-0.2, 0) is 13.6 Å². The van der Waals surface area contributed by atoms with E-state index in [9.17, 15) is 4.79 Å². The van der Waals surface area contributed by atoms with Crippen LogP contribution in [0.4, 0.5) is 5.69 Å². The number of hydrogen-bond acceptors (Lipinski definition) is 3. The average molecular weight is 374 g/mol. The Morgan fingerprint density at radius 3 is 2.42 bits per heavy atom. The molecule has 0 aliphatic carbocycles. The molecule has 3 rings (SSSR count). The lowest BCUT2D eigenvalue weighted by Gasteiger charge is -2.36. The molecule has 26 heavy (non-hydrogen) atoms. The minimum absolute atomic E-state index is 0.0193. The molecule has 2 heterocycles. The number of nitrogens with two attached hydrogens (primary N) is 1. The molecule has 6 nitrogen and oxygen atoms in total. The molecule has 1 aromatic carbocycles. The van der Waals surface area contributed by atoms with E-state index in [1.807, 2.05) is 43.3 Å². The predicted molar refractivity (Wildman–Crippen MR) is 107 cm³/mol. The van der Waals surface area contributed by atoms with Crippen molar-refractivity contribution < 1.29 is 0 Å². The molecular formula is C19H24ClN5O. The topological polar surface area (TPSA) is 66.9 Å². The Labute approximate surface area is 158 Å². The van der Waals surface area contributed by atoms with Crippen LogP contribution in [0.1, 0.15) is 11.3 Å². The molecule has 0 unspecified atom stereocenters. The van der Waals surface area contributed by atoms with Crippen molar-refractivity contribution in [2.45, 2.75) is 13.5 Å². The van der Waals surface area contributed by atoms with E-state index < -0.39 is 0 Å². The summed E-state index contributed by atoms with van der Waals surface area (Å²) >= 11 is 5.95. The second-order valence-electron chi connectivity index (χ2n) is 6.49. The number of piperazine rings is 1. The number of nitrogens with zero attached hydrogens (tertiary/aromatic N) is 4. The maximum absolute atomic E-state index is 12.2. The summed E-state index contributed by atoms with van der Waals surface area (Å²) in [4.78, 5) is 21.0. The molecule has 2 aromatic rings. The first-order valence-corrected chi connectivity index (χ1v) is 9.04. The number of halogens is 1. The van der Waals surface area contributed by atoms with E-state index in [1.165, 1.54) is 0 Å². The third kappa shape index (κ3) is 4.02. The molecule has 0 spiro atoms. The molecule has 1 saturated heterocycles. The van der Waals surface area contributed by atoms with Crippen LogP contribution < -0.4 is 16.2 Å². The first kappa shape index (κ1) is 18.3. The Morgan fingerprint density at radius 1 is 1.12 bits per heavy atom. The van der Waals surface area contributed by atoms with Gasteiger partial charge in [-0.25, -0.2) is 4.99 Å². The number of aliphatic imine (C=N–C) groups is 1. The summed E-state index contributed by atoms with van der Waals surface area (Å²) in [6, 6.07) is 11.6. The Kier molecular flexibility index (Phi) is 5.52. The minimum atomic E-state index is -0.0193. The van der Waals surface area contributed by atoms with Crippen molar-refractivity contribution >= 4 is 23.2 Å². The van der Waals surface area contributed by atoms with Crippen molar-refractivity contribution in [3.63, 3.8) is 0 Å². The molecule has 0 saturated carbocycles. The van der Waals surface area contributed by atoms with E-state index >= 15 is 0 Å². The van der Waals surface area contributed by atoms with Gasteiger partial charge in [0, 0.05) is 55.2 Å². The number of pyridine rings is 1. The molecule has 0 atom stereocenters. The summed E-state index contributed by atoms with van der Waals surface area (Å²) in [5.74, 6) is 0.489. The van der Waals surface area contributed by atoms with Crippen LogP contribution in [0.15, 0.2) is 46.2 Å². The van der Waals surface area contributed by atoms with Gasteiger partial charge in [0.25, 0.3) is 5.56 Å². The number of anilines is 1. The van der Waals surface area contributed by atoms with E-state index in [-0.39, 0.29) is 5.56 Å². The fourth-order valence-electron chi connectivity index (χ4n) is 3.01. The summed E-state index contributed by atoms with van der Waals surface area (Å²) in [6.07, 6.45) is 0. The van der Waals surface area contributed by atoms with Gasteiger partial charge in [-0.15, -0.1) is 0 Å². The summed E-state index contributed by atoms with van der Waals surface area (Å²) < 4.78 is 1.63. The number of guanidine groups is 1. The van der Waals surface area contributed by atoms with Crippen molar-refractivity contribution in [2.24, 2.45) is 17.8 Å². The van der Waals surface area contributed by atoms with Crippen LogP contribution in [0.5, 0.6) is 0 Å². The molecular weight excluding hydrogens is 350 g/mol. The quantitative estimate of drug-likeness (QED) is 0.660. The second-order valence-corrected chi connectivity index (χ2v) is 6.93. The second kappa shape index (κ2) is 7.83. The average Bonchev–Trinajstić information content (AvgIpc) is 2.66. The molecule has 0 radical (unpaired) electrons. The molecule has 2 N–H and O–H groups in total. The lowest BCUT2D eigenvalue weighted by molar-refractivity contribution is 0.380. The molecule has 138 valence electrons. The van der Waals surface area contributed by atoms with Crippen molar-refractivity contribution in [1.29, 1.82) is 0 Å². The zero-order valence-corrected chi connectivity index (χ0v) is 15.9. The highest BCUT2D eigenvalue weighted by molar-refractivity contribution is 6.30. The third-order valence-corrected chi connectivity index (χ3v) is 5.09. The smallest absolute Gasteiger partial charge is 0.255 e. The third-order valence-electron chi connectivity index (χ3n) is 4.84. The largest absolute Gasteiger partial charge is 0.370 e. The van der Waals surface area contributed by atoms with Crippen molar-refractivity contribution in [3.8, 4) is 0 Å². The maximum atomic E-state index is 12.2. The molecule has 1 aliphatic heterocycles. The monoisotopic (exact) mass is 373 g/mol. The van der Waals surface area contributed by atoms with Crippen LogP contribution in [0.2, 0.25) is 5.02 Å². The van der Waals surface area contributed by atoms with Crippen LogP contribution in [0.25, 0.3) is 0 Å². The zero-order valence-electron chi connectivity index (χ0n) is 15.2. The highest BCUT2D eigenvalue weighted by Crippen LogP contribution is 2.19.